The standard InChI is InChI=1S/C18H31N3O3/c1-2-23-14-6-13-19-16(22)10-12-18-21-20-17(24-18)11-9-15-7-4-3-5-8-15/h15H,2-14H2,1H3,(H,19,22). The number of carbonyl (C=O) groups excluding carboxylic acids is 1. The highest BCUT2D eigenvalue weighted by atomic mass is 16.5. The van der Waals surface area contributed by atoms with Crippen LogP contribution in [0.5, 0.6) is 0 Å². The first-order valence-corrected chi connectivity index (χ1v) is 9.43. The normalized spacial score (nSPS) is 15.5. The molecule has 1 aliphatic carbocycles. The van der Waals surface area contributed by atoms with Gasteiger partial charge in [-0.2, -0.15) is 0 Å². The van der Waals surface area contributed by atoms with Crippen molar-refractivity contribution in [2.75, 3.05) is 19.8 Å². The van der Waals surface area contributed by atoms with Crippen molar-refractivity contribution in [2.24, 2.45) is 5.92 Å². The van der Waals surface area contributed by atoms with Gasteiger partial charge in [0.15, 0.2) is 0 Å². The topological polar surface area (TPSA) is 77.2 Å². The molecule has 6 nitrogen and oxygen atoms in total. The number of hydrogen-bond donors (Lipinski definition) is 1. The molecule has 0 bridgehead atoms. The molecule has 0 aromatic carbocycles. The van der Waals surface area contributed by atoms with Crippen molar-refractivity contribution >= 4 is 5.91 Å². The molecule has 1 aromatic rings. The van der Waals surface area contributed by atoms with Gasteiger partial charge in [-0.15, -0.1) is 10.2 Å². The van der Waals surface area contributed by atoms with Gasteiger partial charge >= 0.3 is 0 Å². The fourth-order valence-electron chi connectivity index (χ4n) is 3.15. The number of aromatic nitrogens is 2. The van der Waals surface area contributed by atoms with Crippen LogP contribution in [0.4, 0.5) is 0 Å². The summed E-state index contributed by atoms with van der Waals surface area (Å²) in [6.45, 7) is 4.01. The first kappa shape index (κ1) is 18.9. The van der Waals surface area contributed by atoms with Crippen LogP contribution >= 0.6 is 0 Å². The fourth-order valence-corrected chi connectivity index (χ4v) is 3.15. The number of ether oxygens (including phenoxy) is 1. The largest absolute Gasteiger partial charge is 0.425 e. The maximum atomic E-state index is 11.7. The van der Waals surface area contributed by atoms with E-state index < -0.39 is 0 Å². The Hall–Kier alpha value is -1.43. The van der Waals surface area contributed by atoms with Gasteiger partial charge in [0.2, 0.25) is 17.7 Å². The molecule has 24 heavy (non-hydrogen) atoms. The number of nitrogens with one attached hydrogen (secondary N) is 1. The van der Waals surface area contributed by atoms with E-state index in [0.717, 1.165) is 25.2 Å². The molecule has 0 radical (unpaired) electrons. The molecule has 2 rings (SSSR count). The van der Waals surface area contributed by atoms with E-state index in [1.54, 1.807) is 0 Å². The lowest BCUT2D eigenvalue weighted by molar-refractivity contribution is -0.121. The highest BCUT2D eigenvalue weighted by Crippen LogP contribution is 2.27. The van der Waals surface area contributed by atoms with E-state index in [1.807, 2.05) is 6.92 Å². The lowest BCUT2D eigenvalue weighted by Crippen LogP contribution is -2.25. The van der Waals surface area contributed by atoms with Crippen LogP contribution in [0, 0.1) is 5.92 Å². The summed E-state index contributed by atoms with van der Waals surface area (Å²) in [5, 5.41) is 11.0. The second kappa shape index (κ2) is 11.2. The number of amides is 1. The lowest BCUT2D eigenvalue weighted by atomic mass is 9.86. The number of nitrogens with zero attached hydrogens (tertiary/aromatic N) is 2. The second-order valence-electron chi connectivity index (χ2n) is 6.53. The van der Waals surface area contributed by atoms with Crippen molar-refractivity contribution in [3.8, 4) is 0 Å². The van der Waals surface area contributed by atoms with Crippen molar-refractivity contribution in [2.45, 2.75) is 71.1 Å². The van der Waals surface area contributed by atoms with Crippen molar-refractivity contribution in [1.29, 1.82) is 0 Å². The number of aryl methyl sites for hydroxylation is 2. The van der Waals surface area contributed by atoms with Gasteiger partial charge in [-0.25, -0.2) is 0 Å². The minimum Gasteiger partial charge on any atom is -0.425 e. The van der Waals surface area contributed by atoms with Crippen LogP contribution in [-0.2, 0) is 22.4 Å². The summed E-state index contributed by atoms with van der Waals surface area (Å²) < 4.78 is 10.9. The van der Waals surface area contributed by atoms with Gasteiger partial charge in [-0.3, -0.25) is 4.79 Å². The quantitative estimate of drug-likeness (QED) is 0.628. The van der Waals surface area contributed by atoms with Crippen molar-refractivity contribution in [3.05, 3.63) is 11.8 Å². The van der Waals surface area contributed by atoms with Crippen molar-refractivity contribution in [3.63, 3.8) is 0 Å². The zero-order valence-corrected chi connectivity index (χ0v) is 14.9. The second-order valence-corrected chi connectivity index (χ2v) is 6.53. The van der Waals surface area contributed by atoms with Gasteiger partial charge in [0.1, 0.15) is 0 Å². The molecule has 1 saturated carbocycles. The molecule has 0 aliphatic heterocycles. The third kappa shape index (κ3) is 7.43. The van der Waals surface area contributed by atoms with Crippen LogP contribution in [0.25, 0.3) is 0 Å². The van der Waals surface area contributed by atoms with Crippen LogP contribution in [0.3, 0.4) is 0 Å². The third-order valence-corrected chi connectivity index (χ3v) is 4.56. The Labute approximate surface area is 144 Å². The van der Waals surface area contributed by atoms with E-state index in [-0.39, 0.29) is 5.91 Å². The van der Waals surface area contributed by atoms with Crippen LogP contribution < -0.4 is 5.32 Å². The SMILES string of the molecule is CCOCCCNC(=O)CCc1nnc(CCC2CCCCC2)o1. The van der Waals surface area contributed by atoms with E-state index in [4.69, 9.17) is 9.15 Å². The summed E-state index contributed by atoms with van der Waals surface area (Å²) in [6, 6.07) is 0. The average Bonchev–Trinajstić information content (AvgIpc) is 3.07. The monoisotopic (exact) mass is 337 g/mol. The van der Waals surface area contributed by atoms with Crippen LogP contribution in [0.15, 0.2) is 4.42 Å². The van der Waals surface area contributed by atoms with E-state index >= 15 is 0 Å². The Morgan fingerprint density at radius 1 is 1.21 bits per heavy atom. The van der Waals surface area contributed by atoms with E-state index in [1.165, 1.54) is 32.1 Å². The number of carbonyl (C=O) groups is 1. The van der Waals surface area contributed by atoms with Gasteiger partial charge in [0.25, 0.3) is 0 Å². The van der Waals surface area contributed by atoms with E-state index in [9.17, 15) is 4.79 Å². The molecule has 1 heterocycles. The Morgan fingerprint density at radius 2 is 1.96 bits per heavy atom. The molecule has 136 valence electrons. The molecule has 1 aliphatic rings. The maximum Gasteiger partial charge on any atom is 0.220 e. The van der Waals surface area contributed by atoms with Gasteiger partial charge < -0.3 is 14.5 Å². The van der Waals surface area contributed by atoms with Gasteiger partial charge in [0.05, 0.1) is 0 Å². The molecule has 1 amide bonds. The molecular formula is C18H31N3O3. The zero-order chi connectivity index (χ0) is 17.0. The predicted octanol–water partition coefficient (Wildman–Crippen LogP) is 3.06. The predicted molar refractivity (Wildman–Crippen MR) is 91.6 cm³/mol. The third-order valence-electron chi connectivity index (χ3n) is 4.56. The molecular weight excluding hydrogens is 306 g/mol. The molecule has 0 spiro atoms. The molecule has 1 fully saturated rings. The summed E-state index contributed by atoms with van der Waals surface area (Å²) in [5.41, 5.74) is 0. The summed E-state index contributed by atoms with van der Waals surface area (Å²) in [5.74, 6) is 2.12. The Morgan fingerprint density at radius 3 is 2.71 bits per heavy atom. The van der Waals surface area contributed by atoms with Gasteiger partial charge in [-0.1, -0.05) is 32.1 Å². The minimum atomic E-state index is 0.0217. The number of rotatable bonds is 11. The van der Waals surface area contributed by atoms with Crippen LogP contribution in [0.1, 0.15) is 70.1 Å². The average molecular weight is 337 g/mol. The van der Waals surface area contributed by atoms with Crippen LogP contribution in [-0.4, -0.2) is 35.9 Å². The molecule has 1 N–H and O–H groups in total. The first-order valence-electron chi connectivity index (χ1n) is 9.43. The highest BCUT2D eigenvalue weighted by molar-refractivity contribution is 5.75. The molecule has 1 aromatic heterocycles. The smallest absolute Gasteiger partial charge is 0.220 e. The molecule has 0 saturated heterocycles. The Bertz CT molecular complexity index is 470. The molecule has 6 heteroatoms. The van der Waals surface area contributed by atoms with E-state index in [0.29, 0.717) is 44.4 Å². The Kier molecular flexibility index (Phi) is 8.81. The maximum absolute atomic E-state index is 11.7. The van der Waals surface area contributed by atoms with Gasteiger partial charge in [-0.05, 0) is 25.7 Å². The molecule has 0 atom stereocenters. The Balaban J connectivity index is 1.58. The fraction of sp³-hybridized carbons (Fsp3) is 0.833. The first-order chi connectivity index (χ1) is 11.8. The summed E-state index contributed by atoms with van der Waals surface area (Å²) in [6.07, 6.45) is 10.5. The summed E-state index contributed by atoms with van der Waals surface area (Å²) in [7, 11) is 0. The lowest BCUT2D eigenvalue weighted by Gasteiger charge is -2.20. The highest BCUT2D eigenvalue weighted by Gasteiger charge is 2.15. The van der Waals surface area contributed by atoms with Crippen molar-refractivity contribution in [1.82, 2.24) is 15.5 Å². The zero-order valence-electron chi connectivity index (χ0n) is 14.9. The summed E-state index contributed by atoms with van der Waals surface area (Å²) in [4.78, 5) is 11.7. The minimum absolute atomic E-state index is 0.0217. The van der Waals surface area contributed by atoms with Crippen LogP contribution in [0.2, 0.25) is 0 Å². The van der Waals surface area contributed by atoms with E-state index in [2.05, 4.69) is 15.5 Å². The molecule has 0 unspecified atom stereocenters. The van der Waals surface area contributed by atoms with Crippen molar-refractivity contribution < 1.29 is 13.9 Å². The van der Waals surface area contributed by atoms with Gasteiger partial charge in [0, 0.05) is 39.0 Å². The summed E-state index contributed by atoms with van der Waals surface area (Å²) >= 11 is 0. The number of hydrogen-bond acceptors (Lipinski definition) is 5.